The number of aliphatic hydroxyl groups excluding tert-OH is 1. The minimum absolute atomic E-state index is 0.0762. The molecule has 0 heterocycles. The Morgan fingerprint density at radius 1 is 0.569 bits per heavy atom. The van der Waals surface area contributed by atoms with E-state index >= 15 is 0 Å². The highest BCUT2D eigenvalue weighted by atomic mass is 31.3. The number of ether oxygens (including phenoxy) is 2. The molecule has 0 saturated carbocycles. The fraction of sp³-hybridized carbons (Fsp3) is 0.960. The zero-order valence-electron chi connectivity index (χ0n) is 44.3. The van der Waals surface area contributed by atoms with E-state index in [-0.39, 0.29) is 25.2 Å². The van der Waals surface area contributed by atoms with Crippen molar-refractivity contribution in [2.75, 3.05) is 13.2 Å². The summed E-state index contributed by atoms with van der Waals surface area (Å²) in [6, 6.07) is -1.04. The van der Waals surface area contributed by atoms with Crippen molar-refractivity contribution in [1.29, 1.82) is 2.51 Å². The summed E-state index contributed by atoms with van der Waals surface area (Å²) in [6.07, 6.45) is 39.8. The molecule has 0 saturated heterocycles. The summed E-state index contributed by atoms with van der Waals surface area (Å²) in [4.78, 5) is 30.8. The van der Waals surface area contributed by atoms with Gasteiger partial charge in [0.1, 0.15) is 20.7 Å². The monoisotopic (exact) mass is 954 g/mol. The van der Waals surface area contributed by atoms with Crippen LogP contribution < -0.4 is 0 Å². The van der Waals surface area contributed by atoms with Gasteiger partial charge in [0.2, 0.25) is 0 Å². The van der Waals surface area contributed by atoms with Gasteiger partial charge in [-0.1, -0.05) is 218 Å². The normalized spacial score (nSPS) is 14.4. The van der Waals surface area contributed by atoms with Crippen LogP contribution in [0.2, 0.25) is 0 Å². The van der Waals surface area contributed by atoms with E-state index in [1.165, 1.54) is 141 Å². The highest BCUT2D eigenvalue weighted by molar-refractivity contribution is 7.70. The lowest BCUT2D eigenvalue weighted by Gasteiger charge is -2.24. The number of azide groups is 2. The summed E-state index contributed by atoms with van der Waals surface area (Å²) in [7, 11) is 2.00. The molecule has 0 bridgehead atoms. The molecule has 2 radical (unpaired) electrons. The van der Waals surface area contributed by atoms with Crippen LogP contribution in [0.15, 0.2) is 10.2 Å². The number of carbonyl (C=O) groups is 2. The lowest BCUT2D eigenvalue weighted by Crippen LogP contribution is -2.31. The Kier molecular flexibility index (Phi) is 50.0. The van der Waals surface area contributed by atoms with Crippen LogP contribution in [0.3, 0.4) is 0 Å². The Labute approximate surface area is 406 Å². The van der Waals surface area contributed by atoms with Gasteiger partial charge in [0, 0.05) is 37.1 Å². The van der Waals surface area contributed by atoms with E-state index in [9.17, 15) is 14.7 Å². The Morgan fingerprint density at radius 3 is 1.18 bits per heavy atom. The molecule has 0 spiro atoms. The molecule has 0 aromatic heterocycles. The summed E-state index contributed by atoms with van der Waals surface area (Å²) < 4.78 is 32.2. The molecule has 0 fully saturated rings. The van der Waals surface area contributed by atoms with Crippen molar-refractivity contribution in [3.63, 3.8) is 0 Å². The van der Waals surface area contributed by atoms with Gasteiger partial charge in [-0.15, -0.1) is 8.73 Å². The predicted octanol–water partition coefficient (Wildman–Crippen LogP) is 15.8. The van der Waals surface area contributed by atoms with Crippen molar-refractivity contribution >= 4 is 36.6 Å². The fourth-order valence-corrected chi connectivity index (χ4v) is 8.71. The predicted molar refractivity (Wildman–Crippen MR) is 279 cm³/mol. The molecule has 0 aromatic carbocycles. The second-order valence-electron chi connectivity index (χ2n) is 18.1. The molecule has 0 aromatic rings. The molecular weight excluding hydrogens is 850 g/mol. The smallest absolute Gasteiger partial charge is 0.306 e. The molecular formula is C50H100BN6O6PSi. The number of carbonyl (C=O) groups excluding carboxylic acids is 2. The van der Waals surface area contributed by atoms with Crippen LogP contribution in [-0.4, -0.2) is 73.0 Å². The van der Waals surface area contributed by atoms with E-state index < -0.39 is 41.5 Å². The number of esters is 2. The number of hydrogen-bond acceptors (Lipinski definition) is 8. The van der Waals surface area contributed by atoms with Crippen LogP contribution in [0.1, 0.15) is 272 Å². The third-order valence-corrected chi connectivity index (χ3v) is 13.0. The van der Waals surface area contributed by atoms with Crippen LogP contribution in [0.4, 0.5) is 0 Å². The summed E-state index contributed by atoms with van der Waals surface area (Å²) in [6.45, 7) is 8.93. The molecule has 0 aliphatic heterocycles. The minimum Gasteiger partial charge on any atom is -0.462 e. The van der Waals surface area contributed by atoms with Crippen molar-refractivity contribution in [3.05, 3.63) is 20.9 Å². The standard InChI is InChI=1S/C25H51BN3O3PSi.C25H49N3O3/c1-3-5-7-9-11-13-15-17-19-24(23(28-29-27)21-22-31-34(26)33)32-25(30)20-18-16-14-12-10-8-6-4-2;1-3-5-7-9-11-13-15-17-19-24(23(21-22-29)27-28-26)31-25(30)20-18-16-14-12-10-8-6-4-2/h23-24,34H,3-22,33H2,1-2H3;23-24,29H,3-22H2,1-2H3/t23-,24?,34?;23-,24?/m00/s1/i33T,34D;/t23-,24?,33?,34?;. The van der Waals surface area contributed by atoms with Gasteiger partial charge in [0.25, 0.3) is 0 Å². The summed E-state index contributed by atoms with van der Waals surface area (Å²) in [5.41, 5.74) is 18.0. The molecule has 12 nitrogen and oxygen atoms in total. The molecule has 65 heavy (non-hydrogen) atoms. The maximum absolute atomic E-state index is 12.6. The van der Waals surface area contributed by atoms with Crippen LogP contribution in [0.25, 0.3) is 20.9 Å². The average molecular weight is 954 g/mol. The highest BCUT2D eigenvalue weighted by Gasteiger charge is 2.25. The van der Waals surface area contributed by atoms with Crippen molar-refractivity contribution in [2.24, 2.45) is 10.2 Å². The van der Waals surface area contributed by atoms with Crippen LogP contribution >= 0.6 is 8.73 Å². The maximum atomic E-state index is 12.6. The largest absolute Gasteiger partial charge is 0.462 e. The maximum Gasteiger partial charge on any atom is 0.306 e. The Balaban J connectivity index is 0. The van der Waals surface area contributed by atoms with Gasteiger partial charge in [-0.25, -0.2) is 0 Å². The molecule has 0 rings (SSSR count). The van der Waals surface area contributed by atoms with Gasteiger partial charge in [-0.2, -0.15) is 0 Å². The summed E-state index contributed by atoms with van der Waals surface area (Å²) in [5.74, 6) is -0.438. The Hall–Kier alpha value is -1.81. The summed E-state index contributed by atoms with van der Waals surface area (Å²) >= 11 is 0. The van der Waals surface area contributed by atoms with E-state index in [0.717, 1.165) is 64.2 Å². The first kappa shape index (κ1) is 61.2. The van der Waals surface area contributed by atoms with Gasteiger partial charge in [0.05, 0.1) is 20.8 Å². The van der Waals surface area contributed by atoms with E-state index in [0.29, 0.717) is 38.5 Å². The number of nitrogens with zero attached hydrogens (tertiary/aromatic N) is 6. The number of hydrogen-bond donors (Lipinski definition) is 1. The second-order valence-corrected chi connectivity index (χ2v) is 20.6. The van der Waals surface area contributed by atoms with E-state index in [1.54, 1.807) is 0 Å². The van der Waals surface area contributed by atoms with E-state index in [4.69, 9.17) is 34.9 Å². The fourth-order valence-electron chi connectivity index (χ4n) is 8.07. The molecule has 0 amide bonds. The van der Waals surface area contributed by atoms with Crippen molar-refractivity contribution < 1.29 is 28.6 Å². The minimum atomic E-state index is -3.22. The molecule has 4 unspecified atom stereocenters. The third-order valence-electron chi connectivity index (χ3n) is 12.1. The molecule has 6 atom stereocenters. The van der Waals surface area contributed by atoms with Crippen molar-refractivity contribution in [1.82, 2.24) is 0 Å². The Morgan fingerprint density at radius 2 is 0.877 bits per heavy atom. The van der Waals surface area contributed by atoms with Gasteiger partial charge in [-0.3, -0.25) is 9.59 Å². The molecule has 0 aliphatic carbocycles. The number of unbranched alkanes of at least 4 members (excludes halogenated alkanes) is 28. The summed E-state index contributed by atoms with van der Waals surface area (Å²) in [5, 5.41) is 17.0. The van der Waals surface area contributed by atoms with Gasteiger partial charge in [0.15, 0.2) is 0 Å². The lowest BCUT2D eigenvalue weighted by atomic mass is 10.0. The van der Waals surface area contributed by atoms with Gasteiger partial charge in [-0.05, 0) is 62.4 Å². The van der Waals surface area contributed by atoms with Crippen molar-refractivity contribution in [2.45, 2.75) is 296 Å². The molecule has 1 N–H and O–H groups in total. The van der Waals surface area contributed by atoms with Crippen molar-refractivity contribution in [3.8, 4) is 0 Å². The quantitative estimate of drug-likeness (QED) is 0.0120. The van der Waals surface area contributed by atoms with Crippen LogP contribution in [0, 0.1) is 0 Å². The number of rotatable bonds is 49. The molecule has 378 valence electrons. The van der Waals surface area contributed by atoms with Gasteiger partial charge < -0.3 is 19.0 Å². The molecule has 0 aliphatic rings. The topological polar surface area (TPSA) is 180 Å². The lowest BCUT2D eigenvalue weighted by molar-refractivity contribution is -0.151. The second kappa shape index (κ2) is 53.2. The zero-order valence-corrected chi connectivity index (χ0v) is 44.3. The van der Waals surface area contributed by atoms with Gasteiger partial charge >= 0.3 is 11.9 Å². The van der Waals surface area contributed by atoms with Crippen LogP contribution in [0.5, 0.6) is 0 Å². The third kappa shape index (κ3) is 47.1. The first-order valence-electron chi connectivity index (χ1n) is 27.8. The van der Waals surface area contributed by atoms with E-state index in [2.05, 4.69) is 47.7 Å². The first-order valence-corrected chi connectivity index (χ1v) is 29.8. The average Bonchev–Trinajstić information content (AvgIpc) is 3.31. The van der Waals surface area contributed by atoms with E-state index in [1.807, 2.05) is 0 Å². The van der Waals surface area contributed by atoms with Crippen LogP contribution in [-0.2, 0) is 23.5 Å². The highest BCUT2D eigenvalue weighted by Crippen LogP contribution is 2.22. The number of aliphatic hydroxyl groups is 1. The molecule has 15 heteroatoms. The first-order chi connectivity index (χ1) is 32.6. The Bertz CT molecular complexity index is 1230. The SMILES string of the molecule is CCCCCCCCCCC(=O)OC(CCCCCCCCCC)[C@H](CCO)N=[N+]=[N-].[2H][Si]([B])(OCC[C@H](N=[N+]=[N-])C(CCCCCCCCCC)OC(=O)CCCCCCCCCC)P[3H]. The zero-order chi connectivity index (χ0) is 49.9.